The maximum atomic E-state index is 11.3. The van der Waals surface area contributed by atoms with Crippen LogP contribution in [0.15, 0.2) is 12.1 Å². The van der Waals surface area contributed by atoms with Crippen LogP contribution < -0.4 is 4.74 Å². The van der Waals surface area contributed by atoms with Gasteiger partial charge in [0.1, 0.15) is 28.4 Å². The van der Waals surface area contributed by atoms with Crippen molar-refractivity contribution in [1.29, 1.82) is 0 Å². The molecule has 90 valence electrons. The number of phenols is 2. The van der Waals surface area contributed by atoms with Crippen molar-refractivity contribution in [2.24, 2.45) is 0 Å². The van der Waals surface area contributed by atoms with Gasteiger partial charge in [0.2, 0.25) is 0 Å². The van der Waals surface area contributed by atoms with Gasteiger partial charge in [-0.15, -0.1) is 0 Å². The second-order valence-electron chi connectivity index (χ2n) is 4.63. The van der Waals surface area contributed by atoms with Crippen molar-refractivity contribution in [2.45, 2.75) is 26.4 Å². The molecule has 1 heterocycles. The summed E-state index contributed by atoms with van der Waals surface area (Å²) in [5.41, 5.74) is -0.145. The molecule has 1 aliphatic heterocycles. The second kappa shape index (κ2) is 3.52. The van der Waals surface area contributed by atoms with Gasteiger partial charge in [0.05, 0.1) is 5.56 Å². The molecule has 0 unspecified atom stereocenters. The minimum atomic E-state index is -0.496. The Kier molecular flexibility index (Phi) is 2.38. The first-order valence-corrected chi connectivity index (χ1v) is 5.30. The number of fused-ring (bicyclic) bond motifs is 1. The summed E-state index contributed by atoms with van der Waals surface area (Å²) in [4.78, 5) is 11.3. The van der Waals surface area contributed by atoms with E-state index in [4.69, 9.17) is 4.74 Å². The molecule has 0 atom stereocenters. The third-order valence-corrected chi connectivity index (χ3v) is 2.66. The highest BCUT2D eigenvalue weighted by molar-refractivity contribution is 6.01. The predicted octanol–water partition coefficient (Wildman–Crippen LogP) is 2.48. The number of phenolic OH excluding ortho intramolecular Hbond substituents is 2. The molecular formula is C13H14O4. The first-order chi connectivity index (χ1) is 7.82. The summed E-state index contributed by atoms with van der Waals surface area (Å²) in [6.45, 7) is 5.01. The SMILES string of the molecule is CC(=O)c1c(O)cc2c(c1O)C=CC(C)(C)O2. The number of ether oxygens (including phenoxy) is 1. The van der Waals surface area contributed by atoms with Crippen molar-refractivity contribution in [2.75, 3.05) is 0 Å². The van der Waals surface area contributed by atoms with E-state index in [1.807, 2.05) is 13.8 Å². The van der Waals surface area contributed by atoms with E-state index in [1.165, 1.54) is 13.0 Å². The number of hydrogen-bond donors (Lipinski definition) is 2. The molecule has 0 aliphatic carbocycles. The smallest absolute Gasteiger partial charge is 0.167 e. The predicted molar refractivity (Wildman–Crippen MR) is 63.5 cm³/mol. The Hall–Kier alpha value is -1.97. The van der Waals surface area contributed by atoms with Gasteiger partial charge in [-0.2, -0.15) is 0 Å². The van der Waals surface area contributed by atoms with Crippen LogP contribution in [0.1, 0.15) is 36.7 Å². The van der Waals surface area contributed by atoms with Crippen LogP contribution in [0.3, 0.4) is 0 Å². The summed E-state index contributed by atoms with van der Waals surface area (Å²) < 4.78 is 5.60. The summed E-state index contributed by atoms with van der Waals surface area (Å²) in [6, 6.07) is 1.36. The second-order valence-corrected chi connectivity index (χ2v) is 4.63. The van der Waals surface area contributed by atoms with Crippen molar-refractivity contribution in [1.82, 2.24) is 0 Å². The van der Waals surface area contributed by atoms with Crippen LogP contribution in [0.4, 0.5) is 0 Å². The Labute approximate surface area is 99.2 Å². The molecule has 0 amide bonds. The Morgan fingerprint density at radius 1 is 1.35 bits per heavy atom. The number of ketones is 1. The van der Waals surface area contributed by atoms with Crippen LogP contribution in [0.25, 0.3) is 6.08 Å². The highest BCUT2D eigenvalue weighted by Crippen LogP contribution is 2.42. The van der Waals surface area contributed by atoms with E-state index in [9.17, 15) is 15.0 Å². The first kappa shape index (κ1) is 11.5. The highest BCUT2D eigenvalue weighted by atomic mass is 16.5. The van der Waals surface area contributed by atoms with E-state index in [0.717, 1.165) is 0 Å². The van der Waals surface area contributed by atoms with E-state index in [2.05, 4.69) is 0 Å². The van der Waals surface area contributed by atoms with Gasteiger partial charge in [-0.3, -0.25) is 4.79 Å². The lowest BCUT2D eigenvalue weighted by molar-refractivity contribution is 0.101. The summed E-state index contributed by atoms with van der Waals surface area (Å²) >= 11 is 0. The lowest BCUT2D eigenvalue weighted by atomic mass is 9.98. The van der Waals surface area contributed by atoms with Gasteiger partial charge in [0.25, 0.3) is 0 Å². The molecule has 0 saturated carbocycles. The van der Waals surface area contributed by atoms with Crippen molar-refractivity contribution in [3.8, 4) is 17.2 Å². The van der Waals surface area contributed by atoms with Crippen molar-refractivity contribution in [3.63, 3.8) is 0 Å². The molecule has 1 aromatic rings. The molecule has 4 heteroatoms. The molecule has 0 spiro atoms. The molecule has 4 nitrogen and oxygen atoms in total. The Bertz CT molecular complexity index is 527. The van der Waals surface area contributed by atoms with E-state index in [0.29, 0.717) is 11.3 Å². The highest BCUT2D eigenvalue weighted by Gasteiger charge is 2.27. The molecule has 17 heavy (non-hydrogen) atoms. The lowest BCUT2D eigenvalue weighted by Gasteiger charge is -2.28. The standard InChI is InChI=1S/C13H14O4/c1-7(14)11-9(15)6-10-8(12(11)16)4-5-13(2,3)17-10/h4-6,15-16H,1-3H3. The maximum absolute atomic E-state index is 11.3. The number of Topliss-reactive ketones (excluding diaryl/α,β-unsaturated/α-hetero) is 1. The quantitative estimate of drug-likeness (QED) is 0.732. The summed E-state index contributed by atoms with van der Waals surface area (Å²) in [7, 11) is 0. The van der Waals surface area contributed by atoms with E-state index in [-0.39, 0.29) is 22.8 Å². The zero-order valence-corrected chi connectivity index (χ0v) is 9.94. The molecule has 1 aromatic carbocycles. The normalized spacial score (nSPS) is 16.2. The minimum Gasteiger partial charge on any atom is -0.507 e. The van der Waals surface area contributed by atoms with Crippen LogP contribution in [-0.4, -0.2) is 21.6 Å². The molecule has 0 fully saturated rings. The third kappa shape index (κ3) is 1.86. The molecule has 0 bridgehead atoms. The average Bonchev–Trinajstić information content (AvgIpc) is 2.14. The van der Waals surface area contributed by atoms with Gasteiger partial charge in [-0.25, -0.2) is 0 Å². The Balaban J connectivity index is 2.66. The molecule has 1 aliphatic rings. The fourth-order valence-electron chi connectivity index (χ4n) is 1.84. The van der Waals surface area contributed by atoms with E-state index in [1.54, 1.807) is 12.2 Å². The zero-order valence-electron chi connectivity index (χ0n) is 9.94. The van der Waals surface area contributed by atoms with Gasteiger partial charge in [0, 0.05) is 6.07 Å². The molecule has 0 radical (unpaired) electrons. The summed E-state index contributed by atoms with van der Waals surface area (Å²) in [5.74, 6) is -0.516. The number of carbonyl (C=O) groups is 1. The van der Waals surface area contributed by atoms with Crippen molar-refractivity contribution < 1.29 is 19.7 Å². The fraction of sp³-hybridized carbons (Fsp3) is 0.308. The van der Waals surface area contributed by atoms with Gasteiger partial charge in [-0.1, -0.05) is 0 Å². The monoisotopic (exact) mass is 234 g/mol. The summed E-state index contributed by atoms with van der Waals surface area (Å²) in [6.07, 6.45) is 3.48. The minimum absolute atomic E-state index is 0.0725. The van der Waals surface area contributed by atoms with Crippen molar-refractivity contribution >= 4 is 11.9 Å². The van der Waals surface area contributed by atoms with Gasteiger partial charge in [-0.05, 0) is 32.9 Å². The number of benzene rings is 1. The number of aromatic hydroxyl groups is 2. The van der Waals surface area contributed by atoms with E-state index >= 15 is 0 Å². The number of hydrogen-bond acceptors (Lipinski definition) is 4. The van der Waals surface area contributed by atoms with Crippen LogP contribution in [0, 0.1) is 0 Å². The Morgan fingerprint density at radius 3 is 2.59 bits per heavy atom. The molecule has 0 saturated heterocycles. The number of carbonyl (C=O) groups excluding carboxylic acids is 1. The summed E-state index contributed by atoms with van der Waals surface area (Å²) in [5, 5.41) is 19.6. The zero-order chi connectivity index (χ0) is 12.8. The van der Waals surface area contributed by atoms with Crippen LogP contribution in [0.5, 0.6) is 17.2 Å². The molecule has 2 N–H and O–H groups in total. The lowest BCUT2D eigenvalue weighted by Crippen LogP contribution is -2.27. The molecule has 0 aromatic heterocycles. The number of rotatable bonds is 1. The third-order valence-electron chi connectivity index (χ3n) is 2.66. The van der Waals surface area contributed by atoms with Gasteiger partial charge < -0.3 is 14.9 Å². The Morgan fingerprint density at radius 2 is 2.00 bits per heavy atom. The largest absolute Gasteiger partial charge is 0.507 e. The van der Waals surface area contributed by atoms with Crippen LogP contribution >= 0.6 is 0 Å². The first-order valence-electron chi connectivity index (χ1n) is 5.30. The van der Waals surface area contributed by atoms with Crippen molar-refractivity contribution in [3.05, 3.63) is 23.3 Å². The fourth-order valence-corrected chi connectivity index (χ4v) is 1.84. The average molecular weight is 234 g/mol. The van der Waals surface area contributed by atoms with Crippen LogP contribution in [0.2, 0.25) is 0 Å². The van der Waals surface area contributed by atoms with Gasteiger partial charge >= 0.3 is 0 Å². The molecule has 2 rings (SSSR count). The van der Waals surface area contributed by atoms with Crippen LogP contribution in [-0.2, 0) is 0 Å². The maximum Gasteiger partial charge on any atom is 0.167 e. The van der Waals surface area contributed by atoms with Gasteiger partial charge in [0.15, 0.2) is 5.78 Å². The molecular weight excluding hydrogens is 220 g/mol. The topological polar surface area (TPSA) is 66.8 Å². The van der Waals surface area contributed by atoms with E-state index < -0.39 is 5.60 Å².